The van der Waals surface area contributed by atoms with Crippen molar-refractivity contribution in [2.24, 2.45) is 0 Å². The number of aromatic nitrogens is 1. The third-order valence-electron chi connectivity index (χ3n) is 4.16. The molecule has 3 heterocycles. The lowest BCUT2D eigenvalue weighted by atomic mass is 10.2. The highest BCUT2D eigenvalue weighted by Gasteiger charge is 2.28. The number of carbonyl (C=O) groups is 1. The Bertz CT molecular complexity index is 761. The van der Waals surface area contributed by atoms with Gasteiger partial charge in [0.2, 0.25) is 6.10 Å². The molecule has 2 aliphatic rings. The molecule has 2 aromatic rings. The van der Waals surface area contributed by atoms with Crippen LogP contribution in [0.5, 0.6) is 11.5 Å². The largest absolute Gasteiger partial charge is 0.485 e. The van der Waals surface area contributed by atoms with Crippen LogP contribution in [0.25, 0.3) is 0 Å². The SMILES string of the molecule is O=C(Nc1cccnc1N1CCOCC1)[C@H]1COc2ccccc2O1. The molecule has 130 valence electrons. The lowest BCUT2D eigenvalue weighted by molar-refractivity contribution is -0.125. The lowest BCUT2D eigenvalue weighted by Gasteiger charge is -2.30. The number of hydrogen-bond acceptors (Lipinski definition) is 6. The van der Waals surface area contributed by atoms with Crippen molar-refractivity contribution >= 4 is 17.4 Å². The fourth-order valence-electron chi connectivity index (χ4n) is 2.88. The predicted molar refractivity (Wildman–Crippen MR) is 92.3 cm³/mol. The number of anilines is 2. The van der Waals surface area contributed by atoms with Crippen LogP contribution in [0.4, 0.5) is 11.5 Å². The molecular weight excluding hydrogens is 322 g/mol. The van der Waals surface area contributed by atoms with Crippen LogP contribution in [0, 0.1) is 0 Å². The van der Waals surface area contributed by atoms with E-state index in [1.54, 1.807) is 18.3 Å². The van der Waals surface area contributed by atoms with Gasteiger partial charge in [-0.25, -0.2) is 4.98 Å². The van der Waals surface area contributed by atoms with Crippen LogP contribution >= 0.6 is 0 Å². The summed E-state index contributed by atoms with van der Waals surface area (Å²) in [5.74, 6) is 1.73. The molecule has 1 aromatic heterocycles. The number of nitrogens with zero attached hydrogens (tertiary/aromatic N) is 2. The van der Waals surface area contributed by atoms with E-state index in [0.29, 0.717) is 30.4 Å². The number of nitrogens with one attached hydrogen (secondary N) is 1. The van der Waals surface area contributed by atoms with Crippen molar-refractivity contribution in [3.05, 3.63) is 42.6 Å². The van der Waals surface area contributed by atoms with Crippen LogP contribution < -0.4 is 19.7 Å². The van der Waals surface area contributed by atoms with Crippen molar-refractivity contribution in [3.63, 3.8) is 0 Å². The van der Waals surface area contributed by atoms with Crippen molar-refractivity contribution in [3.8, 4) is 11.5 Å². The summed E-state index contributed by atoms with van der Waals surface area (Å²) in [6, 6.07) is 11.0. The molecule has 2 aliphatic heterocycles. The van der Waals surface area contributed by atoms with E-state index >= 15 is 0 Å². The van der Waals surface area contributed by atoms with Crippen LogP contribution in [-0.4, -0.2) is 49.9 Å². The first-order valence-electron chi connectivity index (χ1n) is 8.28. The summed E-state index contributed by atoms with van der Waals surface area (Å²) in [7, 11) is 0. The second-order valence-electron chi connectivity index (χ2n) is 5.83. The smallest absolute Gasteiger partial charge is 0.269 e. The van der Waals surface area contributed by atoms with E-state index in [-0.39, 0.29) is 12.5 Å². The predicted octanol–water partition coefficient (Wildman–Crippen LogP) is 1.70. The number of carbonyl (C=O) groups excluding carboxylic acids is 1. The molecule has 7 nitrogen and oxygen atoms in total. The van der Waals surface area contributed by atoms with Gasteiger partial charge in [-0.05, 0) is 24.3 Å². The summed E-state index contributed by atoms with van der Waals surface area (Å²) >= 11 is 0. The van der Waals surface area contributed by atoms with Crippen LogP contribution in [-0.2, 0) is 9.53 Å². The Labute approximate surface area is 145 Å². The molecule has 4 rings (SSSR count). The number of benzene rings is 1. The highest BCUT2D eigenvalue weighted by atomic mass is 16.6. The standard InChI is InChI=1S/C18H19N3O4/c22-18(16-12-24-14-5-1-2-6-15(14)25-16)20-13-4-3-7-19-17(13)21-8-10-23-11-9-21/h1-7,16H,8-12H2,(H,20,22)/t16-/m1/s1. The molecule has 7 heteroatoms. The van der Waals surface area contributed by atoms with Gasteiger partial charge < -0.3 is 24.4 Å². The molecular formula is C18H19N3O4. The minimum atomic E-state index is -0.701. The van der Waals surface area contributed by atoms with Crippen molar-refractivity contribution < 1.29 is 19.0 Å². The third kappa shape index (κ3) is 3.36. The monoisotopic (exact) mass is 341 g/mol. The number of rotatable bonds is 3. The Morgan fingerprint density at radius 1 is 1.12 bits per heavy atom. The molecule has 25 heavy (non-hydrogen) atoms. The number of para-hydroxylation sites is 2. The maximum Gasteiger partial charge on any atom is 0.269 e. The molecule has 1 atom stereocenters. The lowest BCUT2D eigenvalue weighted by Crippen LogP contribution is -2.41. The maximum absolute atomic E-state index is 12.6. The first kappa shape index (κ1) is 15.7. The zero-order valence-electron chi connectivity index (χ0n) is 13.7. The molecule has 0 saturated carbocycles. The highest BCUT2D eigenvalue weighted by molar-refractivity contribution is 5.97. The van der Waals surface area contributed by atoms with E-state index in [1.807, 2.05) is 24.3 Å². The molecule has 0 unspecified atom stereocenters. The molecule has 1 aromatic carbocycles. The third-order valence-corrected chi connectivity index (χ3v) is 4.16. The van der Waals surface area contributed by atoms with Crippen LogP contribution in [0.1, 0.15) is 0 Å². The molecule has 1 amide bonds. The minimum Gasteiger partial charge on any atom is -0.485 e. The van der Waals surface area contributed by atoms with Gasteiger partial charge in [0.1, 0.15) is 6.61 Å². The van der Waals surface area contributed by atoms with Gasteiger partial charge in [0.25, 0.3) is 5.91 Å². The number of hydrogen-bond donors (Lipinski definition) is 1. The molecule has 0 bridgehead atoms. The van der Waals surface area contributed by atoms with Gasteiger partial charge in [0, 0.05) is 19.3 Å². The Hall–Kier alpha value is -2.80. The van der Waals surface area contributed by atoms with Crippen LogP contribution in [0.2, 0.25) is 0 Å². The van der Waals surface area contributed by atoms with Crippen molar-refractivity contribution in [1.29, 1.82) is 0 Å². The maximum atomic E-state index is 12.6. The Morgan fingerprint density at radius 3 is 2.76 bits per heavy atom. The Kier molecular flexibility index (Phi) is 4.39. The van der Waals surface area contributed by atoms with Gasteiger partial charge in [0.15, 0.2) is 17.3 Å². The number of pyridine rings is 1. The topological polar surface area (TPSA) is 72.9 Å². The van der Waals surface area contributed by atoms with E-state index < -0.39 is 6.10 Å². The normalized spacial score (nSPS) is 19.4. The van der Waals surface area contributed by atoms with Gasteiger partial charge in [-0.3, -0.25) is 4.79 Å². The van der Waals surface area contributed by atoms with E-state index in [4.69, 9.17) is 14.2 Å². The highest BCUT2D eigenvalue weighted by Crippen LogP contribution is 2.31. The first-order valence-corrected chi connectivity index (χ1v) is 8.28. The van der Waals surface area contributed by atoms with Gasteiger partial charge in [-0.2, -0.15) is 0 Å². The summed E-state index contributed by atoms with van der Waals surface area (Å²) in [5.41, 5.74) is 0.664. The van der Waals surface area contributed by atoms with Crippen molar-refractivity contribution in [2.45, 2.75) is 6.10 Å². The Balaban J connectivity index is 1.48. The van der Waals surface area contributed by atoms with Crippen LogP contribution in [0.3, 0.4) is 0 Å². The average molecular weight is 341 g/mol. The second kappa shape index (κ2) is 6.98. The Morgan fingerprint density at radius 2 is 1.92 bits per heavy atom. The summed E-state index contributed by atoms with van der Waals surface area (Å²) in [5, 5.41) is 2.92. The van der Waals surface area contributed by atoms with Gasteiger partial charge in [0.05, 0.1) is 18.9 Å². The summed E-state index contributed by atoms with van der Waals surface area (Å²) in [4.78, 5) is 19.1. The second-order valence-corrected chi connectivity index (χ2v) is 5.83. The van der Waals surface area contributed by atoms with E-state index in [9.17, 15) is 4.79 Å². The zero-order chi connectivity index (χ0) is 17.1. The summed E-state index contributed by atoms with van der Waals surface area (Å²) < 4.78 is 16.8. The summed E-state index contributed by atoms with van der Waals surface area (Å²) in [6.45, 7) is 2.98. The average Bonchev–Trinajstić information content (AvgIpc) is 2.68. The fourth-order valence-corrected chi connectivity index (χ4v) is 2.88. The number of fused-ring (bicyclic) bond motifs is 1. The molecule has 0 aliphatic carbocycles. The fraction of sp³-hybridized carbons (Fsp3) is 0.333. The van der Waals surface area contributed by atoms with Gasteiger partial charge in [-0.15, -0.1) is 0 Å². The quantitative estimate of drug-likeness (QED) is 0.916. The van der Waals surface area contributed by atoms with Gasteiger partial charge in [-0.1, -0.05) is 12.1 Å². The van der Waals surface area contributed by atoms with Gasteiger partial charge >= 0.3 is 0 Å². The van der Waals surface area contributed by atoms with E-state index in [0.717, 1.165) is 18.9 Å². The molecule has 1 N–H and O–H groups in total. The van der Waals surface area contributed by atoms with E-state index in [2.05, 4.69) is 15.2 Å². The zero-order valence-corrected chi connectivity index (χ0v) is 13.7. The van der Waals surface area contributed by atoms with Crippen molar-refractivity contribution in [1.82, 2.24) is 4.98 Å². The molecule has 1 fully saturated rings. The van der Waals surface area contributed by atoms with Crippen molar-refractivity contribution in [2.75, 3.05) is 43.1 Å². The number of amides is 1. The van der Waals surface area contributed by atoms with Crippen LogP contribution in [0.15, 0.2) is 42.6 Å². The minimum absolute atomic E-state index is 0.177. The molecule has 0 radical (unpaired) electrons. The number of ether oxygens (including phenoxy) is 3. The number of morpholine rings is 1. The molecule has 0 spiro atoms. The summed E-state index contributed by atoms with van der Waals surface area (Å²) in [6.07, 6.45) is 1.02. The first-order chi connectivity index (χ1) is 12.3. The van der Waals surface area contributed by atoms with E-state index in [1.165, 1.54) is 0 Å². The molecule has 1 saturated heterocycles.